The predicted molar refractivity (Wildman–Crippen MR) is 71.8 cm³/mol. The molecule has 0 fully saturated rings. The van der Waals surface area contributed by atoms with E-state index in [1.54, 1.807) is 24.3 Å². The van der Waals surface area contributed by atoms with Gasteiger partial charge in [0.25, 0.3) is 0 Å². The molecule has 0 atom stereocenters. The van der Waals surface area contributed by atoms with Crippen molar-refractivity contribution >= 4 is 33.7 Å². The Hall–Kier alpha value is -1.24. The van der Waals surface area contributed by atoms with Crippen LogP contribution in [0.2, 0.25) is 5.02 Å². The number of H-pyrrole nitrogens is 1. The Labute approximate surface area is 115 Å². The summed E-state index contributed by atoms with van der Waals surface area (Å²) in [5.74, 6) is -0.123. The summed E-state index contributed by atoms with van der Waals surface area (Å²) in [6.07, 6.45) is 0. The lowest BCUT2D eigenvalue weighted by atomic mass is 10.2. The van der Waals surface area contributed by atoms with Crippen LogP contribution in [0.15, 0.2) is 41.4 Å². The van der Waals surface area contributed by atoms with Gasteiger partial charge in [-0.2, -0.15) is 5.10 Å². The van der Waals surface area contributed by atoms with Gasteiger partial charge in [0.1, 0.15) is 4.64 Å². The van der Waals surface area contributed by atoms with Gasteiger partial charge >= 0.3 is 0 Å². The number of hydrogen-bond donors (Lipinski definition) is 1. The van der Waals surface area contributed by atoms with Crippen LogP contribution in [0.3, 0.4) is 0 Å². The molecule has 2 aromatic rings. The molecule has 4 nitrogen and oxygen atoms in total. The van der Waals surface area contributed by atoms with Crippen LogP contribution in [-0.4, -0.2) is 18.6 Å². The van der Waals surface area contributed by atoms with E-state index < -0.39 is 9.84 Å². The molecule has 1 heterocycles. The van der Waals surface area contributed by atoms with E-state index in [9.17, 15) is 8.42 Å². The minimum absolute atomic E-state index is 0.0222. The van der Waals surface area contributed by atoms with Crippen LogP contribution in [0, 0.1) is 4.64 Å². The fourth-order valence-electron chi connectivity index (χ4n) is 1.38. The number of sulfone groups is 1. The molecule has 7 heteroatoms. The highest BCUT2D eigenvalue weighted by Crippen LogP contribution is 2.16. The van der Waals surface area contributed by atoms with E-state index >= 15 is 0 Å². The molecule has 1 N–H and O–H groups in total. The molecule has 0 radical (unpaired) electrons. The third kappa shape index (κ3) is 3.16. The van der Waals surface area contributed by atoms with Gasteiger partial charge in [0.05, 0.1) is 5.75 Å². The third-order valence-corrected chi connectivity index (χ3v) is 4.30. The summed E-state index contributed by atoms with van der Waals surface area (Å²) >= 11 is 10.6. The molecule has 0 bridgehead atoms. The summed E-state index contributed by atoms with van der Waals surface area (Å²) in [6, 6.07) is 9.54. The molecule has 1 aromatic heterocycles. The van der Waals surface area contributed by atoms with Crippen LogP contribution < -0.4 is 0 Å². The SMILES string of the molecule is O=S(=O)(Cc1ccc(Cl)cc1)c1ccc(=S)[nH]n1. The number of aromatic amines is 1. The highest BCUT2D eigenvalue weighted by Gasteiger charge is 2.16. The molecule has 0 unspecified atom stereocenters. The van der Waals surface area contributed by atoms with Crippen molar-refractivity contribution in [3.63, 3.8) is 0 Å². The minimum Gasteiger partial charge on any atom is -0.267 e. The second-order valence-corrected chi connectivity index (χ2v) is 6.46. The van der Waals surface area contributed by atoms with Crippen molar-refractivity contribution in [2.24, 2.45) is 0 Å². The number of hydrogen-bond acceptors (Lipinski definition) is 4. The van der Waals surface area contributed by atoms with Crippen LogP contribution in [0.1, 0.15) is 5.56 Å². The molecular weight excluding hydrogens is 292 g/mol. The molecule has 18 heavy (non-hydrogen) atoms. The van der Waals surface area contributed by atoms with E-state index in [0.29, 0.717) is 15.2 Å². The van der Waals surface area contributed by atoms with Crippen LogP contribution in [0.4, 0.5) is 0 Å². The second kappa shape index (κ2) is 5.17. The van der Waals surface area contributed by atoms with Gasteiger partial charge in [0.15, 0.2) is 5.03 Å². The number of nitrogens with one attached hydrogen (secondary N) is 1. The van der Waals surface area contributed by atoms with E-state index in [1.165, 1.54) is 12.1 Å². The lowest BCUT2D eigenvalue weighted by molar-refractivity contribution is 0.589. The summed E-state index contributed by atoms with van der Waals surface area (Å²) < 4.78 is 24.5. The fraction of sp³-hybridized carbons (Fsp3) is 0.0909. The van der Waals surface area contributed by atoms with Gasteiger partial charge in [-0.05, 0) is 29.8 Å². The van der Waals surface area contributed by atoms with Gasteiger partial charge < -0.3 is 0 Å². The number of halogens is 1. The molecule has 1 aromatic carbocycles. The van der Waals surface area contributed by atoms with Crippen molar-refractivity contribution < 1.29 is 8.42 Å². The second-order valence-electron chi connectivity index (χ2n) is 3.64. The van der Waals surface area contributed by atoms with Crippen LogP contribution in [-0.2, 0) is 15.6 Å². The van der Waals surface area contributed by atoms with Crippen LogP contribution in [0.25, 0.3) is 0 Å². The molecule has 0 saturated heterocycles. The Morgan fingerprint density at radius 2 is 1.83 bits per heavy atom. The smallest absolute Gasteiger partial charge is 0.201 e. The molecule has 2 rings (SSSR count). The van der Waals surface area contributed by atoms with E-state index in [0.717, 1.165) is 0 Å². The maximum absolute atomic E-state index is 12.0. The van der Waals surface area contributed by atoms with Gasteiger partial charge in [0, 0.05) is 5.02 Å². The number of rotatable bonds is 3. The van der Waals surface area contributed by atoms with Gasteiger partial charge in [-0.1, -0.05) is 36.0 Å². The van der Waals surface area contributed by atoms with Crippen molar-refractivity contribution in [1.29, 1.82) is 0 Å². The van der Waals surface area contributed by atoms with Crippen molar-refractivity contribution in [2.45, 2.75) is 10.8 Å². The van der Waals surface area contributed by atoms with Gasteiger partial charge in [-0.25, -0.2) is 8.42 Å². The van der Waals surface area contributed by atoms with E-state index in [-0.39, 0.29) is 10.8 Å². The molecule has 0 spiro atoms. The number of aromatic nitrogens is 2. The zero-order valence-corrected chi connectivity index (χ0v) is 11.5. The summed E-state index contributed by atoms with van der Waals surface area (Å²) in [6.45, 7) is 0. The van der Waals surface area contributed by atoms with E-state index in [2.05, 4.69) is 10.2 Å². The predicted octanol–water partition coefficient (Wildman–Crippen LogP) is 2.77. The van der Waals surface area contributed by atoms with Crippen molar-refractivity contribution in [2.75, 3.05) is 0 Å². The van der Waals surface area contributed by atoms with Gasteiger partial charge in [-0.3, -0.25) is 5.10 Å². The normalized spacial score (nSPS) is 11.4. The highest BCUT2D eigenvalue weighted by atomic mass is 35.5. The lowest BCUT2D eigenvalue weighted by Crippen LogP contribution is -2.07. The number of nitrogens with zero attached hydrogens (tertiary/aromatic N) is 1. The van der Waals surface area contributed by atoms with Crippen molar-refractivity contribution in [3.05, 3.63) is 51.6 Å². The van der Waals surface area contributed by atoms with Gasteiger partial charge in [-0.15, -0.1) is 0 Å². The average molecular weight is 301 g/mol. The molecule has 0 aliphatic heterocycles. The summed E-state index contributed by atoms with van der Waals surface area (Å²) in [5, 5.41) is 6.73. The third-order valence-electron chi connectivity index (χ3n) is 2.24. The lowest BCUT2D eigenvalue weighted by Gasteiger charge is -2.03. The Kier molecular flexibility index (Phi) is 3.79. The molecule has 0 aliphatic carbocycles. The highest BCUT2D eigenvalue weighted by molar-refractivity contribution is 7.90. The first-order valence-electron chi connectivity index (χ1n) is 5.00. The van der Waals surface area contributed by atoms with E-state index in [1.807, 2.05) is 0 Å². The zero-order chi connectivity index (χ0) is 13.2. The monoisotopic (exact) mass is 300 g/mol. The summed E-state index contributed by atoms with van der Waals surface area (Å²) in [5.41, 5.74) is 0.656. The zero-order valence-electron chi connectivity index (χ0n) is 9.13. The Morgan fingerprint density at radius 1 is 1.17 bits per heavy atom. The maximum Gasteiger partial charge on any atom is 0.201 e. The first kappa shape index (κ1) is 13.2. The Morgan fingerprint density at radius 3 is 2.39 bits per heavy atom. The Bertz CT molecular complexity index is 688. The molecular formula is C11H9ClN2O2S2. The standard InChI is InChI=1S/C11H9ClN2O2S2/c12-9-3-1-8(2-4-9)7-18(15,16)11-6-5-10(17)13-14-11/h1-6H,7H2,(H,13,17). The summed E-state index contributed by atoms with van der Waals surface area (Å²) in [7, 11) is -3.47. The average Bonchev–Trinajstić information content (AvgIpc) is 2.32. The summed E-state index contributed by atoms with van der Waals surface area (Å²) in [4.78, 5) is 0. The van der Waals surface area contributed by atoms with E-state index in [4.69, 9.17) is 23.8 Å². The quantitative estimate of drug-likeness (QED) is 0.885. The first-order valence-corrected chi connectivity index (χ1v) is 7.44. The molecule has 0 saturated carbocycles. The molecule has 0 amide bonds. The minimum atomic E-state index is -3.47. The van der Waals surface area contributed by atoms with Crippen LogP contribution >= 0.6 is 23.8 Å². The largest absolute Gasteiger partial charge is 0.267 e. The van der Waals surface area contributed by atoms with Crippen molar-refractivity contribution in [3.8, 4) is 0 Å². The molecule has 0 aliphatic rings. The van der Waals surface area contributed by atoms with Crippen molar-refractivity contribution in [1.82, 2.24) is 10.2 Å². The molecule has 94 valence electrons. The topological polar surface area (TPSA) is 62.8 Å². The van der Waals surface area contributed by atoms with Crippen LogP contribution in [0.5, 0.6) is 0 Å². The Balaban J connectivity index is 2.29. The van der Waals surface area contributed by atoms with Gasteiger partial charge in [0.2, 0.25) is 9.84 Å². The first-order chi connectivity index (χ1) is 8.47. The maximum atomic E-state index is 12.0. The number of benzene rings is 1. The fourth-order valence-corrected chi connectivity index (χ4v) is 2.86.